The van der Waals surface area contributed by atoms with Crippen LogP contribution in [-0.2, 0) is 11.2 Å². The summed E-state index contributed by atoms with van der Waals surface area (Å²) < 4.78 is 43.0. The summed E-state index contributed by atoms with van der Waals surface area (Å²) >= 11 is 0. The molecule has 1 aliphatic rings. The molecule has 200 valence electrons. The summed E-state index contributed by atoms with van der Waals surface area (Å²) in [5, 5.41) is 2.48. The highest BCUT2D eigenvalue weighted by atomic mass is 19.4. The number of carbonyl (C=O) groups excluding carboxylic acids is 2. The van der Waals surface area contributed by atoms with E-state index in [2.05, 4.69) is 24.9 Å². The van der Waals surface area contributed by atoms with E-state index in [9.17, 15) is 22.8 Å². The van der Waals surface area contributed by atoms with Crippen LogP contribution in [0.4, 0.5) is 24.7 Å². The van der Waals surface area contributed by atoms with Crippen LogP contribution in [0.5, 0.6) is 5.75 Å². The SMILES string of the molecule is CN1CCN(CC(=O)Nc2cc(C(=O)Cc3ccc(-c4ccc(N)nc4)cn3)ccc2OC(F)(F)F)CC1. The number of nitrogens with two attached hydrogens (primary N) is 1. The highest BCUT2D eigenvalue weighted by Crippen LogP contribution is 2.32. The average molecular weight is 529 g/mol. The summed E-state index contributed by atoms with van der Waals surface area (Å²) in [7, 11) is 1.97. The monoisotopic (exact) mass is 528 g/mol. The molecule has 38 heavy (non-hydrogen) atoms. The van der Waals surface area contributed by atoms with Crippen LogP contribution in [0.15, 0.2) is 54.9 Å². The van der Waals surface area contributed by atoms with Crippen LogP contribution in [0.1, 0.15) is 16.1 Å². The molecule has 0 saturated carbocycles. The van der Waals surface area contributed by atoms with Crippen molar-refractivity contribution in [2.75, 3.05) is 50.8 Å². The van der Waals surface area contributed by atoms with Gasteiger partial charge in [0.15, 0.2) is 11.5 Å². The van der Waals surface area contributed by atoms with Gasteiger partial charge in [-0.15, -0.1) is 13.2 Å². The number of rotatable bonds is 8. The molecule has 1 aliphatic heterocycles. The molecule has 9 nitrogen and oxygen atoms in total. The number of hydrogen-bond donors (Lipinski definition) is 2. The number of pyridine rings is 2. The van der Waals surface area contributed by atoms with Crippen LogP contribution in [-0.4, -0.2) is 77.6 Å². The minimum atomic E-state index is -4.96. The zero-order valence-corrected chi connectivity index (χ0v) is 20.7. The minimum absolute atomic E-state index is 0.0112. The van der Waals surface area contributed by atoms with Gasteiger partial charge in [0.25, 0.3) is 0 Å². The van der Waals surface area contributed by atoms with Crippen molar-refractivity contribution < 1.29 is 27.5 Å². The number of halogens is 3. The molecule has 0 atom stereocenters. The van der Waals surface area contributed by atoms with E-state index in [0.29, 0.717) is 24.6 Å². The van der Waals surface area contributed by atoms with Crippen LogP contribution in [0.25, 0.3) is 11.1 Å². The number of ketones is 1. The Morgan fingerprint density at radius 1 is 1.00 bits per heavy atom. The Bertz CT molecular complexity index is 1270. The van der Waals surface area contributed by atoms with Gasteiger partial charge in [0, 0.05) is 61.0 Å². The largest absolute Gasteiger partial charge is 0.573 e. The van der Waals surface area contributed by atoms with Crippen LogP contribution < -0.4 is 15.8 Å². The molecule has 3 heterocycles. The third-order valence-electron chi connectivity index (χ3n) is 6.05. The Balaban J connectivity index is 1.47. The molecule has 2 aromatic heterocycles. The molecular formula is C26H27F3N6O3. The number of nitrogens with one attached hydrogen (secondary N) is 1. The van der Waals surface area contributed by atoms with Gasteiger partial charge in [0.2, 0.25) is 5.91 Å². The Labute approximate surface area is 217 Å². The zero-order chi connectivity index (χ0) is 27.3. The van der Waals surface area contributed by atoms with E-state index in [4.69, 9.17) is 5.73 Å². The first-order valence-corrected chi connectivity index (χ1v) is 11.9. The van der Waals surface area contributed by atoms with E-state index in [0.717, 1.165) is 30.3 Å². The third-order valence-corrected chi connectivity index (χ3v) is 6.05. The second-order valence-corrected chi connectivity index (χ2v) is 9.00. The molecule has 4 rings (SSSR count). The summed E-state index contributed by atoms with van der Waals surface area (Å²) in [6.07, 6.45) is -1.84. The molecule has 0 radical (unpaired) electrons. The highest BCUT2D eigenvalue weighted by Gasteiger charge is 2.32. The van der Waals surface area contributed by atoms with Crippen LogP contribution >= 0.6 is 0 Å². The van der Waals surface area contributed by atoms with Crippen LogP contribution in [0.2, 0.25) is 0 Å². The van der Waals surface area contributed by atoms with Crippen molar-refractivity contribution in [3.05, 3.63) is 66.1 Å². The van der Waals surface area contributed by atoms with Gasteiger partial charge < -0.3 is 20.7 Å². The Morgan fingerprint density at radius 3 is 2.29 bits per heavy atom. The predicted molar refractivity (Wildman–Crippen MR) is 136 cm³/mol. The topological polar surface area (TPSA) is 114 Å². The first-order valence-electron chi connectivity index (χ1n) is 11.9. The lowest BCUT2D eigenvalue weighted by atomic mass is 10.0. The molecule has 1 fully saturated rings. The van der Waals surface area contributed by atoms with E-state index in [1.165, 1.54) is 12.1 Å². The molecular weight excluding hydrogens is 501 g/mol. The number of piperazine rings is 1. The third kappa shape index (κ3) is 7.49. The van der Waals surface area contributed by atoms with Gasteiger partial charge >= 0.3 is 6.36 Å². The van der Waals surface area contributed by atoms with Crippen molar-refractivity contribution in [3.8, 4) is 16.9 Å². The number of carbonyl (C=O) groups is 2. The van der Waals surface area contributed by atoms with E-state index in [1.807, 2.05) is 11.9 Å². The van der Waals surface area contributed by atoms with Crippen LogP contribution in [0.3, 0.4) is 0 Å². The molecule has 3 aromatic rings. The lowest BCUT2D eigenvalue weighted by molar-refractivity contribution is -0.274. The van der Waals surface area contributed by atoms with E-state index < -0.39 is 18.0 Å². The number of Topliss-reactive ketones (excluding diaryl/α,β-unsaturated/α-hetero) is 1. The van der Waals surface area contributed by atoms with Crippen molar-refractivity contribution >= 4 is 23.2 Å². The number of anilines is 2. The maximum Gasteiger partial charge on any atom is 0.573 e. The van der Waals surface area contributed by atoms with Crippen LogP contribution in [0, 0.1) is 0 Å². The number of aromatic nitrogens is 2. The highest BCUT2D eigenvalue weighted by molar-refractivity contribution is 6.00. The van der Waals surface area contributed by atoms with Gasteiger partial charge in [-0.2, -0.15) is 0 Å². The number of hydrogen-bond acceptors (Lipinski definition) is 8. The summed E-state index contributed by atoms with van der Waals surface area (Å²) in [6, 6.07) is 10.4. The molecule has 0 spiro atoms. The number of ether oxygens (including phenoxy) is 1. The Kier molecular flexibility index (Phi) is 8.23. The molecule has 3 N–H and O–H groups in total. The molecule has 0 bridgehead atoms. The van der Waals surface area contributed by atoms with Crippen molar-refractivity contribution in [2.24, 2.45) is 0 Å². The number of benzene rings is 1. The smallest absolute Gasteiger partial charge is 0.404 e. The second-order valence-electron chi connectivity index (χ2n) is 9.00. The first-order chi connectivity index (χ1) is 18.1. The Morgan fingerprint density at radius 2 is 1.68 bits per heavy atom. The van der Waals surface area contributed by atoms with Crippen molar-refractivity contribution in [1.82, 2.24) is 19.8 Å². The van der Waals surface area contributed by atoms with Gasteiger partial charge in [-0.3, -0.25) is 19.5 Å². The summed E-state index contributed by atoms with van der Waals surface area (Å²) in [4.78, 5) is 37.9. The fourth-order valence-corrected chi connectivity index (χ4v) is 3.96. The number of amides is 1. The predicted octanol–water partition coefficient (Wildman–Crippen LogP) is 3.24. The quantitative estimate of drug-likeness (QED) is 0.429. The molecule has 0 unspecified atom stereocenters. The number of alkyl halides is 3. The maximum absolute atomic E-state index is 13.0. The molecule has 1 saturated heterocycles. The first kappa shape index (κ1) is 27.0. The fraction of sp³-hybridized carbons (Fsp3) is 0.308. The van der Waals surface area contributed by atoms with Gasteiger partial charge in [0.1, 0.15) is 5.82 Å². The lowest BCUT2D eigenvalue weighted by Crippen LogP contribution is -2.47. The van der Waals surface area contributed by atoms with Gasteiger partial charge in [-0.05, 0) is 43.4 Å². The number of likely N-dealkylation sites (N-methyl/N-ethyl adjacent to an activating group) is 1. The van der Waals surface area contributed by atoms with Crippen molar-refractivity contribution in [1.29, 1.82) is 0 Å². The number of nitrogen functional groups attached to an aromatic ring is 1. The van der Waals surface area contributed by atoms with Crippen molar-refractivity contribution in [3.63, 3.8) is 0 Å². The standard InChI is InChI=1S/C26H27F3N6O3/c1-34-8-10-35(11-9-34)16-25(37)33-21-12-17(3-6-23(21)38-26(27,28)29)22(36)13-20-5-2-18(14-31-20)19-4-7-24(30)32-15-19/h2-7,12,14-15H,8-11,13,16H2,1H3,(H2,30,32)(H,33,37). The minimum Gasteiger partial charge on any atom is -0.404 e. The summed E-state index contributed by atoms with van der Waals surface area (Å²) in [6.45, 7) is 2.90. The normalized spacial score (nSPS) is 14.7. The summed E-state index contributed by atoms with van der Waals surface area (Å²) in [5.41, 5.74) is 7.55. The molecule has 12 heteroatoms. The zero-order valence-electron chi connectivity index (χ0n) is 20.7. The average Bonchev–Trinajstić information content (AvgIpc) is 2.86. The van der Waals surface area contributed by atoms with Crippen molar-refractivity contribution in [2.45, 2.75) is 12.8 Å². The second kappa shape index (κ2) is 11.6. The molecule has 1 aromatic carbocycles. The van der Waals surface area contributed by atoms with Gasteiger partial charge in [0.05, 0.1) is 18.7 Å². The number of nitrogens with zero attached hydrogens (tertiary/aromatic N) is 4. The lowest BCUT2D eigenvalue weighted by Gasteiger charge is -2.31. The molecule has 1 amide bonds. The van der Waals surface area contributed by atoms with E-state index >= 15 is 0 Å². The summed E-state index contributed by atoms with van der Waals surface area (Å²) in [5.74, 6) is -1.08. The fourth-order valence-electron chi connectivity index (χ4n) is 3.96. The Hall–Kier alpha value is -4.03. The molecule has 0 aliphatic carbocycles. The van der Waals surface area contributed by atoms with E-state index in [-0.39, 0.29) is 30.0 Å². The maximum atomic E-state index is 13.0. The van der Waals surface area contributed by atoms with Gasteiger partial charge in [-0.25, -0.2) is 4.98 Å². The van der Waals surface area contributed by atoms with E-state index in [1.54, 1.807) is 36.7 Å². The van der Waals surface area contributed by atoms with Gasteiger partial charge in [-0.1, -0.05) is 6.07 Å².